The van der Waals surface area contributed by atoms with Gasteiger partial charge in [-0.2, -0.15) is 0 Å². The van der Waals surface area contributed by atoms with E-state index in [0.29, 0.717) is 0 Å². The van der Waals surface area contributed by atoms with Crippen LogP contribution in [0.5, 0.6) is 0 Å². The maximum Gasteiger partial charge on any atom is 0.122 e. The molecule has 1 rings (SSSR count). The maximum atomic E-state index is 10.1. The lowest BCUT2D eigenvalue weighted by atomic mass is 10.8. The Morgan fingerprint density at radius 3 is 2.33 bits per heavy atom. The van der Waals surface area contributed by atoms with Crippen molar-refractivity contribution in [3.05, 3.63) is 0 Å². The summed E-state index contributed by atoms with van der Waals surface area (Å²) >= 11 is 0. The second kappa shape index (κ2) is 1.21. The Hall–Kier alpha value is -0.0800. The fraction of sp³-hybridized carbons (Fsp3) is 1.00. The number of hydrogen-bond acceptors (Lipinski definition) is 1. The van der Waals surface area contributed by atoms with Gasteiger partial charge in [0, 0.05) is 13.5 Å². The predicted molar refractivity (Wildman–Crippen MR) is 19.9 cm³/mol. The Labute approximate surface area is 36.7 Å². The van der Waals surface area contributed by atoms with Crippen molar-refractivity contribution in [3.8, 4) is 0 Å². The summed E-state index contributed by atoms with van der Waals surface area (Å²) < 4.78 is 4.66. The van der Waals surface area contributed by atoms with E-state index in [-0.39, 0.29) is 6.10 Å². The van der Waals surface area contributed by atoms with Crippen LogP contribution in [0.4, 0.5) is 0 Å². The summed E-state index contributed by atoms with van der Waals surface area (Å²) in [7, 11) is 1.57. The highest BCUT2D eigenvalue weighted by Gasteiger charge is 2.37. The van der Waals surface area contributed by atoms with E-state index in [4.69, 9.17) is 0 Å². The maximum absolute atomic E-state index is 10.1. The van der Waals surface area contributed by atoms with Crippen LogP contribution in [-0.2, 0) is 9.84 Å². The number of rotatable bonds is 1. The molecular formula is C4H7O2. The third-order valence-electron chi connectivity index (χ3n) is 0.979. The SMILES string of the molecule is COC1CC1[O]. The zero-order chi connectivity index (χ0) is 4.57. The molecule has 0 amide bonds. The molecule has 1 radical (unpaired) electrons. The van der Waals surface area contributed by atoms with Gasteiger partial charge in [0.15, 0.2) is 0 Å². The average Bonchev–Trinajstić information content (AvgIpc) is 2.19. The molecule has 2 atom stereocenters. The Morgan fingerprint density at radius 1 is 1.83 bits per heavy atom. The third-order valence-corrected chi connectivity index (χ3v) is 0.979. The van der Waals surface area contributed by atoms with Crippen molar-refractivity contribution in [2.45, 2.75) is 18.6 Å². The molecule has 1 aliphatic carbocycles. The van der Waals surface area contributed by atoms with Crippen LogP contribution < -0.4 is 0 Å². The minimum Gasteiger partial charge on any atom is -0.379 e. The third kappa shape index (κ3) is 0.533. The van der Waals surface area contributed by atoms with Crippen molar-refractivity contribution in [1.82, 2.24) is 0 Å². The van der Waals surface area contributed by atoms with E-state index < -0.39 is 6.10 Å². The molecule has 2 nitrogen and oxygen atoms in total. The van der Waals surface area contributed by atoms with Crippen LogP contribution in [0.1, 0.15) is 6.42 Å². The average molecular weight is 87.1 g/mol. The van der Waals surface area contributed by atoms with Crippen LogP contribution in [0.3, 0.4) is 0 Å². The fourth-order valence-electron chi connectivity index (χ4n) is 0.398. The van der Waals surface area contributed by atoms with E-state index in [9.17, 15) is 5.11 Å². The molecule has 0 aromatic rings. The summed E-state index contributed by atoms with van der Waals surface area (Å²) in [6, 6.07) is 0. The fourth-order valence-corrected chi connectivity index (χ4v) is 0.398. The van der Waals surface area contributed by atoms with E-state index in [0.717, 1.165) is 6.42 Å². The van der Waals surface area contributed by atoms with Gasteiger partial charge in [0.25, 0.3) is 0 Å². The van der Waals surface area contributed by atoms with Gasteiger partial charge in [-0.15, -0.1) is 0 Å². The van der Waals surface area contributed by atoms with Crippen molar-refractivity contribution < 1.29 is 9.84 Å². The highest BCUT2D eigenvalue weighted by atomic mass is 16.5. The summed E-state index contributed by atoms with van der Waals surface area (Å²) in [4.78, 5) is 0. The standard InChI is InChI=1S/C4H7O2/c1-6-4-2-3(4)5/h3-4H,2H2,1H3. The quantitative estimate of drug-likeness (QED) is 0.449. The Balaban J connectivity index is 2.09. The van der Waals surface area contributed by atoms with Gasteiger partial charge in [0.1, 0.15) is 6.10 Å². The molecule has 1 aliphatic rings. The molecule has 0 bridgehead atoms. The van der Waals surface area contributed by atoms with Crippen LogP contribution in [0.2, 0.25) is 0 Å². The van der Waals surface area contributed by atoms with Crippen LogP contribution in [0.15, 0.2) is 0 Å². The Bertz CT molecular complexity index is 51.5. The second-order valence-corrected chi connectivity index (χ2v) is 1.55. The summed E-state index contributed by atoms with van der Waals surface area (Å²) in [6.07, 6.45) is 0.358. The molecule has 0 N–H and O–H groups in total. The van der Waals surface area contributed by atoms with Crippen molar-refractivity contribution in [1.29, 1.82) is 0 Å². The van der Waals surface area contributed by atoms with Crippen molar-refractivity contribution in [3.63, 3.8) is 0 Å². The van der Waals surface area contributed by atoms with Gasteiger partial charge >= 0.3 is 0 Å². The largest absolute Gasteiger partial charge is 0.379 e. The summed E-state index contributed by atoms with van der Waals surface area (Å²) in [5, 5.41) is 10.1. The van der Waals surface area contributed by atoms with Gasteiger partial charge in [-0.25, -0.2) is 5.11 Å². The first-order valence-electron chi connectivity index (χ1n) is 2.03. The first-order chi connectivity index (χ1) is 2.84. The first kappa shape index (κ1) is 4.09. The minimum atomic E-state index is -0.407. The smallest absolute Gasteiger partial charge is 0.122 e. The van der Waals surface area contributed by atoms with Crippen LogP contribution in [-0.4, -0.2) is 19.3 Å². The number of ether oxygens (including phenoxy) is 1. The molecule has 0 aromatic heterocycles. The van der Waals surface area contributed by atoms with Crippen LogP contribution in [0.25, 0.3) is 0 Å². The first-order valence-corrected chi connectivity index (χ1v) is 2.03. The molecular weight excluding hydrogens is 80.0 g/mol. The topological polar surface area (TPSA) is 29.1 Å². The zero-order valence-electron chi connectivity index (χ0n) is 3.68. The molecule has 2 heteroatoms. The lowest BCUT2D eigenvalue weighted by Crippen LogP contribution is -1.90. The Morgan fingerprint density at radius 2 is 2.33 bits per heavy atom. The number of methoxy groups -OCH3 is 1. The van der Waals surface area contributed by atoms with Gasteiger partial charge in [0.2, 0.25) is 0 Å². The van der Waals surface area contributed by atoms with Crippen LogP contribution in [0, 0.1) is 0 Å². The van der Waals surface area contributed by atoms with Crippen LogP contribution >= 0.6 is 0 Å². The second-order valence-electron chi connectivity index (χ2n) is 1.55. The van der Waals surface area contributed by atoms with Gasteiger partial charge < -0.3 is 4.74 Å². The zero-order valence-corrected chi connectivity index (χ0v) is 3.68. The molecule has 0 saturated heterocycles. The summed E-state index contributed by atoms with van der Waals surface area (Å²) in [5.41, 5.74) is 0. The number of hydrogen-bond donors (Lipinski definition) is 0. The van der Waals surface area contributed by atoms with Crippen molar-refractivity contribution in [2.24, 2.45) is 0 Å². The minimum absolute atomic E-state index is 0.0463. The molecule has 0 heterocycles. The monoisotopic (exact) mass is 87.0 g/mol. The Kier molecular flexibility index (Phi) is 0.821. The molecule has 1 fully saturated rings. The van der Waals surface area contributed by atoms with Crippen molar-refractivity contribution >= 4 is 0 Å². The lowest BCUT2D eigenvalue weighted by molar-refractivity contribution is 0.0891. The molecule has 6 heavy (non-hydrogen) atoms. The molecule has 1 saturated carbocycles. The van der Waals surface area contributed by atoms with E-state index >= 15 is 0 Å². The van der Waals surface area contributed by atoms with Crippen molar-refractivity contribution in [2.75, 3.05) is 7.11 Å². The van der Waals surface area contributed by atoms with Gasteiger partial charge in [-0.3, -0.25) is 0 Å². The van der Waals surface area contributed by atoms with E-state index in [1.165, 1.54) is 0 Å². The predicted octanol–water partition coefficient (Wildman–Crippen LogP) is 0.204. The highest BCUT2D eigenvalue weighted by molar-refractivity contribution is 4.85. The normalized spacial score (nSPS) is 43.0. The van der Waals surface area contributed by atoms with Gasteiger partial charge in [-0.1, -0.05) is 0 Å². The summed E-state index contributed by atoms with van der Waals surface area (Å²) in [5.74, 6) is 0. The van der Waals surface area contributed by atoms with Gasteiger partial charge in [-0.05, 0) is 0 Å². The highest BCUT2D eigenvalue weighted by Crippen LogP contribution is 2.23. The van der Waals surface area contributed by atoms with E-state index in [1.807, 2.05) is 0 Å². The summed E-state index contributed by atoms with van der Waals surface area (Å²) in [6.45, 7) is 0. The molecule has 0 spiro atoms. The molecule has 35 valence electrons. The van der Waals surface area contributed by atoms with E-state index in [2.05, 4.69) is 4.74 Å². The molecule has 2 unspecified atom stereocenters. The van der Waals surface area contributed by atoms with Gasteiger partial charge in [0.05, 0.1) is 6.10 Å². The van der Waals surface area contributed by atoms with E-state index in [1.54, 1.807) is 7.11 Å². The molecule has 0 aromatic carbocycles. The molecule has 0 aliphatic heterocycles. The lowest BCUT2D eigenvalue weighted by Gasteiger charge is -1.82.